The number of pyridine rings is 1. The molecule has 0 fully saturated rings. The van der Waals surface area contributed by atoms with Crippen molar-refractivity contribution in [2.45, 2.75) is 25.1 Å². The van der Waals surface area contributed by atoms with E-state index in [1.807, 2.05) is 37.6 Å². The SMILES string of the molecule is CC(C)OC(=O)CSc1nnc(-c2cccnc2)n1C. The van der Waals surface area contributed by atoms with Gasteiger partial charge in [-0.05, 0) is 26.0 Å². The van der Waals surface area contributed by atoms with Crippen molar-refractivity contribution in [1.82, 2.24) is 19.7 Å². The number of carbonyl (C=O) groups excluding carboxylic acids is 1. The molecule has 2 aromatic heterocycles. The van der Waals surface area contributed by atoms with Gasteiger partial charge in [-0.1, -0.05) is 11.8 Å². The number of hydrogen-bond acceptors (Lipinski definition) is 6. The molecule has 2 rings (SSSR count). The minimum atomic E-state index is -0.254. The Hall–Kier alpha value is -1.89. The Morgan fingerprint density at radius 1 is 1.45 bits per heavy atom. The molecule has 7 heteroatoms. The van der Waals surface area contributed by atoms with E-state index in [1.165, 1.54) is 11.8 Å². The summed E-state index contributed by atoms with van der Waals surface area (Å²) in [5.41, 5.74) is 0.888. The zero-order chi connectivity index (χ0) is 14.5. The fourth-order valence-corrected chi connectivity index (χ4v) is 2.30. The number of hydrogen-bond donors (Lipinski definition) is 0. The van der Waals surface area contributed by atoms with Crippen LogP contribution in [-0.2, 0) is 16.6 Å². The lowest BCUT2D eigenvalue weighted by molar-refractivity contribution is -0.144. The first-order chi connectivity index (χ1) is 9.58. The Bertz CT molecular complexity index is 583. The molecule has 0 amide bonds. The molecule has 0 atom stereocenters. The number of rotatable bonds is 5. The van der Waals surface area contributed by atoms with Gasteiger partial charge in [0.15, 0.2) is 11.0 Å². The number of carbonyl (C=O) groups is 1. The molecule has 0 aromatic carbocycles. The van der Waals surface area contributed by atoms with Gasteiger partial charge in [0.2, 0.25) is 0 Å². The van der Waals surface area contributed by atoms with E-state index in [9.17, 15) is 4.79 Å². The van der Waals surface area contributed by atoms with Gasteiger partial charge in [0.25, 0.3) is 0 Å². The third kappa shape index (κ3) is 3.57. The van der Waals surface area contributed by atoms with Crippen molar-refractivity contribution in [3.05, 3.63) is 24.5 Å². The second kappa shape index (κ2) is 6.51. The molecule has 0 N–H and O–H groups in total. The van der Waals surface area contributed by atoms with Gasteiger partial charge in [0, 0.05) is 25.0 Å². The van der Waals surface area contributed by atoms with Gasteiger partial charge in [0.1, 0.15) is 0 Å². The topological polar surface area (TPSA) is 69.9 Å². The van der Waals surface area contributed by atoms with Crippen LogP contribution >= 0.6 is 11.8 Å². The lowest BCUT2D eigenvalue weighted by Crippen LogP contribution is -2.13. The summed E-state index contributed by atoms with van der Waals surface area (Å²) in [5.74, 6) is 0.686. The molecule has 0 radical (unpaired) electrons. The molecule has 0 spiro atoms. The van der Waals surface area contributed by atoms with Gasteiger partial charge < -0.3 is 9.30 Å². The summed E-state index contributed by atoms with van der Waals surface area (Å²) in [7, 11) is 1.86. The van der Waals surface area contributed by atoms with E-state index < -0.39 is 0 Å². The summed E-state index contributed by atoms with van der Waals surface area (Å²) in [5, 5.41) is 8.88. The molecule has 0 bridgehead atoms. The van der Waals surface area contributed by atoms with Gasteiger partial charge in [-0.2, -0.15) is 0 Å². The van der Waals surface area contributed by atoms with Crippen molar-refractivity contribution >= 4 is 17.7 Å². The van der Waals surface area contributed by atoms with E-state index in [4.69, 9.17) is 4.74 Å². The molecular formula is C13H16N4O2S. The Morgan fingerprint density at radius 2 is 2.25 bits per heavy atom. The highest BCUT2D eigenvalue weighted by molar-refractivity contribution is 7.99. The normalized spacial score (nSPS) is 10.8. The highest BCUT2D eigenvalue weighted by Crippen LogP contribution is 2.21. The number of nitrogens with zero attached hydrogens (tertiary/aromatic N) is 4. The molecule has 20 heavy (non-hydrogen) atoms. The number of ether oxygens (including phenoxy) is 1. The van der Waals surface area contributed by atoms with Crippen molar-refractivity contribution in [3.63, 3.8) is 0 Å². The zero-order valence-corrected chi connectivity index (χ0v) is 12.4. The van der Waals surface area contributed by atoms with Crippen LogP contribution < -0.4 is 0 Å². The van der Waals surface area contributed by atoms with E-state index in [0.29, 0.717) is 5.16 Å². The van der Waals surface area contributed by atoms with Crippen LogP contribution in [0.3, 0.4) is 0 Å². The standard InChI is InChI=1S/C13H16N4O2S/c1-9(2)19-11(18)8-20-13-16-15-12(17(13)3)10-5-4-6-14-7-10/h4-7,9H,8H2,1-3H3. The number of esters is 1. The van der Waals surface area contributed by atoms with Crippen LogP contribution in [0.25, 0.3) is 11.4 Å². The second-order valence-corrected chi connectivity index (χ2v) is 5.38. The van der Waals surface area contributed by atoms with Crippen molar-refractivity contribution in [2.75, 3.05) is 5.75 Å². The van der Waals surface area contributed by atoms with Crippen LogP contribution in [0.1, 0.15) is 13.8 Å². The van der Waals surface area contributed by atoms with Gasteiger partial charge in [-0.3, -0.25) is 9.78 Å². The van der Waals surface area contributed by atoms with E-state index in [2.05, 4.69) is 15.2 Å². The summed E-state index contributed by atoms with van der Waals surface area (Å²) in [6.45, 7) is 3.65. The third-order valence-corrected chi connectivity index (χ3v) is 3.43. The zero-order valence-electron chi connectivity index (χ0n) is 11.6. The van der Waals surface area contributed by atoms with Crippen LogP contribution in [-0.4, -0.2) is 37.6 Å². The van der Waals surface area contributed by atoms with Crippen molar-refractivity contribution in [1.29, 1.82) is 0 Å². The smallest absolute Gasteiger partial charge is 0.316 e. The molecule has 6 nitrogen and oxygen atoms in total. The van der Waals surface area contributed by atoms with Gasteiger partial charge in [-0.25, -0.2) is 0 Å². The highest BCUT2D eigenvalue weighted by Gasteiger charge is 2.13. The third-order valence-electron chi connectivity index (χ3n) is 2.44. The fraction of sp³-hybridized carbons (Fsp3) is 0.385. The van der Waals surface area contributed by atoms with E-state index >= 15 is 0 Å². The summed E-state index contributed by atoms with van der Waals surface area (Å²) in [6, 6.07) is 3.76. The Labute approximate surface area is 121 Å². The van der Waals surface area contributed by atoms with Crippen LogP contribution in [0.2, 0.25) is 0 Å². The van der Waals surface area contributed by atoms with E-state index in [1.54, 1.807) is 12.4 Å². The average Bonchev–Trinajstić information content (AvgIpc) is 2.78. The largest absolute Gasteiger partial charge is 0.462 e. The highest BCUT2D eigenvalue weighted by atomic mass is 32.2. The summed E-state index contributed by atoms with van der Waals surface area (Å²) < 4.78 is 6.91. The van der Waals surface area contributed by atoms with Crippen molar-refractivity contribution in [3.8, 4) is 11.4 Å². The molecule has 0 aliphatic rings. The molecule has 106 valence electrons. The second-order valence-electron chi connectivity index (χ2n) is 4.43. The molecule has 0 saturated carbocycles. The van der Waals surface area contributed by atoms with Gasteiger partial charge in [-0.15, -0.1) is 10.2 Å². The van der Waals surface area contributed by atoms with Gasteiger partial charge >= 0.3 is 5.97 Å². The average molecular weight is 292 g/mol. The van der Waals surface area contributed by atoms with Crippen LogP contribution in [0.5, 0.6) is 0 Å². The quantitative estimate of drug-likeness (QED) is 0.619. The fourth-order valence-electron chi connectivity index (χ4n) is 1.61. The predicted octanol–water partition coefficient (Wildman–Crippen LogP) is 1.92. The maximum absolute atomic E-state index is 11.5. The molecule has 0 aliphatic heterocycles. The van der Waals surface area contributed by atoms with E-state index in [0.717, 1.165) is 11.4 Å². The maximum Gasteiger partial charge on any atom is 0.316 e. The summed E-state index contributed by atoms with van der Waals surface area (Å²) in [6.07, 6.45) is 3.33. The Balaban J connectivity index is 2.05. The van der Waals surface area contributed by atoms with Gasteiger partial charge in [0.05, 0.1) is 11.9 Å². The summed E-state index contributed by atoms with van der Waals surface area (Å²) >= 11 is 1.31. The molecule has 0 aliphatic carbocycles. The molecule has 2 heterocycles. The number of thioether (sulfide) groups is 1. The van der Waals surface area contributed by atoms with Crippen LogP contribution in [0.4, 0.5) is 0 Å². The minimum Gasteiger partial charge on any atom is -0.462 e. The molecular weight excluding hydrogens is 276 g/mol. The van der Waals surface area contributed by atoms with Crippen molar-refractivity contribution in [2.24, 2.45) is 7.05 Å². The number of aromatic nitrogens is 4. The predicted molar refractivity (Wildman–Crippen MR) is 76.2 cm³/mol. The maximum atomic E-state index is 11.5. The van der Waals surface area contributed by atoms with E-state index in [-0.39, 0.29) is 17.8 Å². The first-order valence-corrected chi connectivity index (χ1v) is 7.18. The summed E-state index contributed by atoms with van der Waals surface area (Å²) in [4.78, 5) is 15.6. The Kier molecular flexibility index (Phi) is 4.73. The molecule has 2 aromatic rings. The van der Waals surface area contributed by atoms with Crippen LogP contribution in [0.15, 0.2) is 29.7 Å². The minimum absolute atomic E-state index is 0.103. The Morgan fingerprint density at radius 3 is 2.90 bits per heavy atom. The lowest BCUT2D eigenvalue weighted by Gasteiger charge is -2.07. The molecule has 0 saturated heterocycles. The van der Waals surface area contributed by atoms with Crippen molar-refractivity contribution < 1.29 is 9.53 Å². The first kappa shape index (κ1) is 14.5. The molecule has 0 unspecified atom stereocenters. The monoisotopic (exact) mass is 292 g/mol. The van der Waals surface area contributed by atoms with Crippen LogP contribution in [0, 0.1) is 0 Å². The lowest BCUT2D eigenvalue weighted by atomic mass is 10.3. The first-order valence-electron chi connectivity index (χ1n) is 6.20.